The van der Waals surface area contributed by atoms with Gasteiger partial charge in [0.05, 0.1) is 7.11 Å². The van der Waals surface area contributed by atoms with Crippen molar-refractivity contribution in [2.45, 2.75) is 45.7 Å². The van der Waals surface area contributed by atoms with Crippen molar-refractivity contribution in [1.82, 2.24) is 5.32 Å². The third kappa shape index (κ3) is 3.32. The lowest BCUT2D eigenvalue weighted by molar-refractivity contribution is -0.148. The summed E-state index contributed by atoms with van der Waals surface area (Å²) in [6.45, 7) is 7.41. The highest BCUT2D eigenvalue weighted by molar-refractivity contribution is 5.82. The average molecular weight is 267 g/mol. The summed E-state index contributed by atoms with van der Waals surface area (Å²) >= 11 is 0. The van der Waals surface area contributed by atoms with E-state index >= 15 is 0 Å². The van der Waals surface area contributed by atoms with Crippen LogP contribution in [-0.4, -0.2) is 19.1 Å². The third-order valence-corrected chi connectivity index (χ3v) is 3.49. The standard InChI is InChI=1S/C15H22FNO2/c1-6-11(3)17-15(4,14(18)19-5)12-8-7-10(2)13(16)9-12/h7-9,11,17H,6H2,1-5H3. The molecule has 0 heterocycles. The maximum absolute atomic E-state index is 13.7. The number of hydrogen-bond acceptors (Lipinski definition) is 3. The molecule has 0 amide bonds. The Morgan fingerprint density at radius 3 is 2.63 bits per heavy atom. The van der Waals surface area contributed by atoms with E-state index in [0.717, 1.165) is 6.42 Å². The number of nitrogens with one attached hydrogen (secondary N) is 1. The molecule has 0 aliphatic rings. The Kier molecular flexibility index (Phi) is 5.06. The number of benzene rings is 1. The van der Waals surface area contributed by atoms with Gasteiger partial charge in [-0.3, -0.25) is 5.32 Å². The predicted octanol–water partition coefficient (Wildman–Crippen LogP) is 2.91. The van der Waals surface area contributed by atoms with Crippen LogP contribution in [0.25, 0.3) is 0 Å². The lowest BCUT2D eigenvalue weighted by Crippen LogP contribution is -2.51. The van der Waals surface area contributed by atoms with Gasteiger partial charge in [-0.1, -0.05) is 19.1 Å². The van der Waals surface area contributed by atoms with E-state index in [9.17, 15) is 9.18 Å². The van der Waals surface area contributed by atoms with Gasteiger partial charge in [-0.2, -0.15) is 0 Å². The Morgan fingerprint density at radius 1 is 1.53 bits per heavy atom. The summed E-state index contributed by atoms with van der Waals surface area (Å²) < 4.78 is 18.6. The topological polar surface area (TPSA) is 38.3 Å². The molecule has 2 atom stereocenters. The van der Waals surface area contributed by atoms with Gasteiger partial charge in [0.25, 0.3) is 0 Å². The van der Waals surface area contributed by atoms with Gasteiger partial charge in [0.2, 0.25) is 0 Å². The van der Waals surface area contributed by atoms with Crippen LogP contribution in [0.15, 0.2) is 18.2 Å². The van der Waals surface area contributed by atoms with Gasteiger partial charge in [-0.25, -0.2) is 9.18 Å². The van der Waals surface area contributed by atoms with Crippen molar-refractivity contribution in [2.75, 3.05) is 7.11 Å². The number of carbonyl (C=O) groups excluding carboxylic acids is 1. The maximum Gasteiger partial charge on any atom is 0.330 e. The van der Waals surface area contributed by atoms with Gasteiger partial charge in [-0.15, -0.1) is 0 Å². The number of carbonyl (C=O) groups is 1. The van der Waals surface area contributed by atoms with Gasteiger partial charge in [0.15, 0.2) is 0 Å². The smallest absolute Gasteiger partial charge is 0.330 e. The van der Waals surface area contributed by atoms with Crippen molar-refractivity contribution in [1.29, 1.82) is 0 Å². The van der Waals surface area contributed by atoms with Crippen LogP contribution in [-0.2, 0) is 15.1 Å². The first kappa shape index (κ1) is 15.6. The Labute approximate surface area is 114 Å². The number of rotatable bonds is 5. The molecule has 106 valence electrons. The number of halogens is 1. The second kappa shape index (κ2) is 6.15. The minimum Gasteiger partial charge on any atom is -0.467 e. The fourth-order valence-corrected chi connectivity index (χ4v) is 1.96. The van der Waals surface area contributed by atoms with Crippen molar-refractivity contribution >= 4 is 5.97 Å². The summed E-state index contributed by atoms with van der Waals surface area (Å²) in [5.41, 5.74) is 0.0841. The minimum absolute atomic E-state index is 0.119. The second-order valence-corrected chi connectivity index (χ2v) is 5.03. The Hall–Kier alpha value is -1.42. The van der Waals surface area contributed by atoms with Crippen molar-refractivity contribution < 1.29 is 13.9 Å². The summed E-state index contributed by atoms with van der Waals surface area (Å²) in [5.74, 6) is -0.741. The van der Waals surface area contributed by atoms with E-state index in [1.165, 1.54) is 13.2 Å². The first-order valence-corrected chi connectivity index (χ1v) is 6.47. The zero-order valence-electron chi connectivity index (χ0n) is 12.2. The Morgan fingerprint density at radius 2 is 2.16 bits per heavy atom. The molecular weight excluding hydrogens is 245 g/mol. The normalized spacial score (nSPS) is 15.7. The van der Waals surface area contributed by atoms with Crippen LogP contribution in [0.4, 0.5) is 4.39 Å². The molecule has 1 aromatic carbocycles. The SMILES string of the molecule is CCC(C)NC(C)(C(=O)OC)c1ccc(C)c(F)c1. The first-order valence-electron chi connectivity index (χ1n) is 6.47. The van der Waals surface area contributed by atoms with Crippen LogP contribution in [0.1, 0.15) is 38.3 Å². The highest BCUT2D eigenvalue weighted by Crippen LogP contribution is 2.25. The van der Waals surface area contributed by atoms with Crippen molar-refractivity contribution in [3.8, 4) is 0 Å². The molecule has 3 nitrogen and oxygen atoms in total. The lowest BCUT2D eigenvalue weighted by atomic mass is 9.90. The summed E-state index contributed by atoms with van der Waals surface area (Å²) in [6.07, 6.45) is 0.862. The number of methoxy groups -OCH3 is 1. The summed E-state index contributed by atoms with van der Waals surface area (Å²) in [6, 6.07) is 4.93. The minimum atomic E-state index is -1.04. The van der Waals surface area contributed by atoms with Gasteiger partial charge >= 0.3 is 5.97 Å². The van der Waals surface area contributed by atoms with Gasteiger partial charge in [-0.05, 0) is 44.4 Å². The van der Waals surface area contributed by atoms with E-state index in [4.69, 9.17) is 4.74 Å². The average Bonchev–Trinajstić information content (AvgIpc) is 2.40. The molecule has 1 N–H and O–H groups in total. The molecule has 2 unspecified atom stereocenters. The molecular formula is C15H22FNO2. The largest absolute Gasteiger partial charge is 0.467 e. The number of esters is 1. The molecule has 0 aliphatic carbocycles. The van der Waals surface area contributed by atoms with E-state index in [1.54, 1.807) is 26.0 Å². The summed E-state index contributed by atoms with van der Waals surface area (Å²) in [7, 11) is 1.34. The van der Waals surface area contributed by atoms with Gasteiger partial charge < -0.3 is 4.74 Å². The molecule has 0 saturated carbocycles. The van der Waals surface area contributed by atoms with Gasteiger partial charge in [0, 0.05) is 6.04 Å². The van der Waals surface area contributed by atoms with Crippen LogP contribution in [0.3, 0.4) is 0 Å². The van der Waals surface area contributed by atoms with Crippen LogP contribution in [0, 0.1) is 12.7 Å². The van der Waals surface area contributed by atoms with E-state index < -0.39 is 11.5 Å². The Bertz CT molecular complexity index is 461. The van der Waals surface area contributed by atoms with Gasteiger partial charge in [0.1, 0.15) is 11.4 Å². The molecule has 4 heteroatoms. The second-order valence-electron chi connectivity index (χ2n) is 5.03. The number of aryl methyl sites for hydroxylation is 1. The molecule has 0 aliphatic heterocycles. The highest BCUT2D eigenvalue weighted by atomic mass is 19.1. The number of hydrogen-bond donors (Lipinski definition) is 1. The predicted molar refractivity (Wildman–Crippen MR) is 73.4 cm³/mol. The van der Waals surface area contributed by atoms with Crippen LogP contribution in [0.5, 0.6) is 0 Å². The first-order chi connectivity index (χ1) is 8.85. The van der Waals surface area contributed by atoms with E-state index in [-0.39, 0.29) is 11.9 Å². The summed E-state index contributed by atoms with van der Waals surface area (Å²) in [4.78, 5) is 12.1. The van der Waals surface area contributed by atoms with Crippen molar-refractivity contribution in [3.63, 3.8) is 0 Å². The molecule has 0 spiro atoms. The summed E-state index contributed by atoms with van der Waals surface area (Å²) in [5, 5.41) is 3.22. The van der Waals surface area contributed by atoms with Crippen LogP contribution >= 0.6 is 0 Å². The molecule has 19 heavy (non-hydrogen) atoms. The zero-order valence-corrected chi connectivity index (χ0v) is 12.2. The zero-order chi connectivity index (χ0) is 14.6. The Balaban J connectivity index is 3.22. The molecule has 0 radical (unpaired) electrons. The third-order valence-electron chi connectivity index (χ3n) is 3.49. The molecule has 1 rings (SSSR count). The highest BCUT2D eigenvalue weighted by Gasteiger charge is 2.37. The van der Waals surface area contributed by atoms with Crippen LogP contribution < -0.4 is 5.32 Å². The van der Waals surface area contributed by atoms with E-state index in [0.29, 0.717) is 11.1 Å². The fraction of sp³-hybridized carbons (Fsp3) is 0.533. The van der Waals surface area contributed by atoms with Crippen molar-refractivity contribution in [2.24, 2.45) is 0 Å². The lowest BCUT2D eigenvalue weighted by Gasteiger charge is -2.31. The molecule has 0 fully saturated rings. The molecule has 1 aromatic rings. The number of ether oxygens (including phenoxy) is 1. The molecule has 0 aromatic heterocycles. The maximum atomic E-state index is 13.7. The van der Waals surface area contributed by atoms with Crippen molar-refractivity contribution in [3.05, 3.63) is 35.1 Å². The van der Waals surface area contributed by atoms with Crippen LogP contribution in [0.2, 0.25) is 0 Å². The van der Waals surface area contributed by atoms with E-state index in [2.05, 4.69) is 5.32 Å². The quantitative estimate of drug-likeness (QED) is 0.834. The van der Waals surface area contributed by atoms with E-state index in [1.807, 2.05) is 13.8 Å². The molecule has 0 bridgehead atoms. The fourth-order valence-electron chi connectivity index (χ4n) is 1.96. The monoisotopic (exact) mass is 267 g/mol. The molecule has 0 saturated heterocycles.